The van der Waals surface area contributed by atoms with Crippen LogP contribution in [0.1, 0.15) is 64.2 Å². The average Bonchev–Trinajstić information content (AvgIpc) is 3.35. The molecule has 0 spiro atoms. The predicted octanol–water partition coefficient (Wildman–Crippen LogP) is 6.26. The highest BCUT2D eigenvalue weighted by atomic mass is 31.2. The number of unbranched alkanes of at least 4 members (excludes halogenated alkanes) is 8. The number of carbonyl (C=O) groups is 1. The van der Waals surface area contributed by atoms with Gasteiger partial charge >= 0.3 is 5.97 Å². The molecule has 0 aliphatic heterocycles. The molecule has 0 aliphatic carbocycles. The molecule has 0 aliphatic rings. The third-order valence-corrected chi connectivity index (χ3v) is 11.0. The molecule has 1 aromatic heterocycles. The molecule has 2 aromatic carbocycles. The van der Waals surface area contributed by atoms with E-state index in [2.05, 4.69) is 78.5 Å². The number of nitrogens with zero attached hydrogens (tertiary/aromatic N) is 2. The van der Waals surface area contributed by atoms with E-state index in [-0.39, 0.29) is 0 Å². The molecule has 0 atom stereocenters. The molecule has 0 bridgehead atoms. The van der Waals surface area contributed by atoms with Crippen LogP contribution < -0.4 is 15.9 Å². The van der Waals surface area contributed by atoms with Gasteiger partial charge in [0.2, 0.25) is 0 Å². The van der Waals surface area contributed by atoms with Crippen molar-refractivity contribution >= 4 is 35.3 Å². The minimum Gasteiger partial charge on any atom is -0.481 e. The Labute approximate surface area is 205 Å². The number of hydrogen-bond donors (Lipinski definition) is 1. The molecule has 0 saturated heterocycles. The molecule has 0 saturated carbocycles. The molecule has 5 heteroatoms. The second-order valence-electron chi connectivity index (χ2n) is 8.89. The van der Waals surface area contributed by atoms with Gasteiger partial charge in [-0.3, -0.25) is 4.79 Å². The standard InChI is InChI=1S/C29H37N2O2P/c1-2-31-25-28(24-30-31)34(26-18-12-10-13-19-26,27-20-14-11-15-21-27)23-17-9-7-5-3-4-6-8-16-22-29(32)33/h2,10-15,18-21,24-25H,1,3-9,16-17,22-23H2/p+1. The fourth-order valence-electron chi connectivity index (χ4n) is 4.69. The van der Waals surface area contributed by atoms with Crippen molar-refractivity contribution < 1.29 is 9.90 Å². The third-order valence-electron chi connectivity index (χ3n) is 6.49. The summed E-state index contributed by atoms with van der Waals surface area (Å²) < 4.78 is 1.83. The number of aliphatic carboxylic acids is 1. The Balaban J connectivity index is 1.64. The van der Waals surface area contributed by atoms with Gasteiger partial charge in [-0.05, 0) is 43.5 Å². The summed E-state index contributed by atoms with van der Waals surface area (Å²) in [7, 11) is -1.81. The van der Waals surface area contributed by atoms with Crippen LogP contribution in [0.3, 0.4) is 0 Å². The van der Waals surface area contributed by atoms with Crippen molar-refractivity contribution in [2.75, 3.05) is 6.16 Å². The summed E-state index contributed by atoms with van der Waals surface area (Å²) >= 11 is 0. The largest absolute Gasteiger partial charge is 0.481 e. The fourth-order valence-corrected chi connectivity index (χ4v) is 8.98. The van der Waals surface area contributed by atoms with Gasteiger partial charge in [0.1, 0.15) is 23.2 Å². The molecule has 0 radical (unpaired) electrons. The maximum absolute atomic E-state index is 10.6. The van der Waals surface area contributed by atoms with Gasteiger partial charge in [-0.1, -0.05) is 81.5 Å². The van der Waals surface area contributed by atoms with E-state index < -0.39 is 13.2 Å². The number of benzene rings is 2. The highest BCUT2D eigenvalue weighted by molar-refractivity contribution is 7.95. The number of aromatic nitrogens is 2. The zero-order chi connectivity index (χ0) is 24.1. The summed E-state index contributed by atoms with van der Waals surface area (Å²) in [5.74, 6) is -0.679. The topological polar surface area (TPSA) is 55.1 Å². The predicted molar refractivity (Wildman–Crippen MR) is 146 cm³/mol. The van der Waals surface area contributed by atoms with Crippen molar-refractivity contribution in [2.24, 2.45) is 0 Å². The molecule has 0 amide bonds. The summed E-state index contributed by atoms with van der Waals surface area (Å²) in [4.78, 5) is 10.6. The lowest BCUT2D eigenvalue weighted by Crippen LogP contribution is -2.33. The normalized spacial score (nSPS) is 11.4. The van der Waals surface area contributed by atoms with E-state index in [1.165, 1.54) is 54.4 Å². The molecule has 0 fully saturated rings. The van der Waals surface area contributed by atoms with Crippen LogP contribution in [0.2, 0.25) is 0 Å². The van der Waals surface area contributed by atoms with Crippen LogP contribution in [0.15, 0.2) is 79.6 Å². The Morgan fingerprint density at radius 2 is 1.29 bits per heavy atom. The van der Waals surface area contributed by atoms with Crippen molar-refractivity contribution in [3.63, 3.8) is 0 Å². The van der Waals surface area contributed by atoms with E-state index in [9.17, 15) is 4.79 Å². The van der Waals surface area contributed by atoms with Crippen LogP contribution in [-0.4, -0.2) is 27.0 Å². The van der Waals surface area contributed by atoms with E-state index in [0.29, 0.717) is 6.42 Å². The van der Waals surface area contributed by atoms with Crippen LogP contribution in [0.25, 0.3) is 6.20 Å². The van der Waals surface area contributed by atoms with E-state index >= 15 is 0 Å². The van der Waals surface area contributed by atoms with E-state index in [0.717, 1.165) is 25.4 Å². The Bertz CT molecular complexity index is 962. The van der Waals surface area contributed by atoms with E-state index in [1.807, 2.05) is 10.9 Å². The zero-order valence-corrected chi connectivity index (χ0v) is 21.1. The number of carboxylic acids is 1. The monoisotopic (exact) mass is 477 g/mol. The maximum atomic E-state index is 10.6. The van der Waals surface area contributed by atoms with Crippen LogP contribution >= 0.6 is 7.26 Å². The highest BCUT2D eigenvalue weighted by Gasteiger charge is 2.45. The van der Waals surface area contributed by atoms with Gasteiger partial charge in [-0.15, -0.1) is 0 Å². The van der Waals surface area contributed by atoms with Gasteiger partial charge in [0.05, 0.1) is 18.6 Å². The lowest BCUT2D eigenvalue weighted by molar-refractivity contribution is -0.137. The molecule has 3 aromatic rings. The van der Waals surface area contributed by atoms with Crippen molar-refractivity contribution in [1.29, 1.82) is 0 Å². The van der Waals surface area contributed by atoms with Crippen LogP contribution in [-0.2, 0) is 4.79 Å². The summed E-state index contributed by atoms with van der Waals surface area (Å²) in [6.07, 6.45) is 17.8. The first kappa shape index (κ1) is 25.9. The zero-order valence-electron chi connectivity index (χ0n) is 20.2. The smallest absolute Gasteiger partial charge is 0.303 e. The van der Waals surface area contributed by atoms with Gasteiger partial charge in [0, 0.05) is 12.6 Å². The molecule has 3 rings (SSSR count). The van der Waals surface area contributed by atoms with Gasteiger partial charge in [0.15, 0.2) is 0 Å². The molecule has 34 heavy (non-hydrogen) atoms. The van der Waals surface area contributed by atoms with Crippen molar-refractivity contribution in [3.05, 3.63) is 79.6 Å². The van der Waals surface area contributed by atoms with E-state index in [4.69, 9.17) is 5.11 Å². The maximum Gasteiger partial charge on any atom is 0.303 e. The van der Waals surface area contributed by atoms with Crippen molar-refractivity contribution in [2.45, 2.75) is 64.2 Å². The Hall–Kier alpha value is -2.71. The lowest BCUT2D eigenvalue weighted by Gasteiger charge is -2.26. The minimum atomic E-state index is -1.81. The van der Waals surface area contributed by atoms with Gasteiger partial charge < -0.3 is 5.11 Å². The molecular formula is C29H38N2O2P+. The molecule has 1 heterocycles. The summed E-state index contributed by atoms with van der Waals surface area (Å²) in [6.45, 7) is 3.89. The van der Waals surface area contributed by atoms with Gasteiger partial charge in [0.25, 0.3) is 0 Å². The number of rotatable bonds is 16. The number of hydrogen-bond acceptors (Lipinski definition) is 2. The molecule has 4 nitrogen and oxygen atoms in total. The van der Waals surface area contributed by atoms with E-state index in [1.54, 1.807) is 6.20 Å². The molecular weight excluding hydrogens is 439 g/mol. The lowest BCUT2D eigenvalue weighted by atomic mass is 10.1. The van der Waals surface area contributed by atoms with Crippen LogP contribution in [0.4, 0.5) is 0 Å². The average molecular weight is 478 g/mol. The van der Waals surface area contributed by atoms with Gasteiger partial charge in [-0.25, -0.2) is 4.68 Å². The molecule has 1 N–H and O–H groups in total. The van der Waals surface area contributed by atoms with Crippen LogP contribution in [0.5, 0.6) is 0 Å². The van der Waals surface area contributed by atoms with Crippen molar-refractivity contribution in [1.82, 2.24) is 9.78 Å². The van der Waals surface area contributed by atoms with Crippen molar-refractivity contribution in [3.8, 4) is 0 Å². The second-order valence-corrected chi connectivity index (χ2v) is 12.5. The highest BCUT2D eigenvalue weighted by Crippen LogP contribution is 2.56. The SMILES string of the molecule is C=Cn1cc([P+](CCCCCCCCCCCC(=O)O)(c2ccccc2)c2ccccc2)cn1. The fraction of sp³-hybridized carbons (Fsp3) is 0.379. The minimum absolute atomic E-state index is 0.305. The number of carboxylic acid groups (broad SMARTS) is 1. The van der Waals surface area contributed by atoms with Gasteiger partial charge in [-0.2, -0.15) is 5.10 Å². The van der Waals surface area contributed by atoms with Crippen LogP contribution in [0, 0.1) is 0 Å². The Kier molecular flexibility index (Phi) is 10.6. The Morgan fingerprint density at radius 1 is 0.794 bits per heavy atom. The third kappa shape index (κ3) is 7.14. The quantitative estimate of drug-likeness (QED) is 0.196. The Morgan fingerprint density at radius 3 is 1.76 bits per heavy atom. The first-order chi connectivity index (χ1) is 16.7. The summed E-state index contributed by atoms with van der Waals surface area (Å²) in [5.41, 5.74) is 0. The summed E-state index contributed by atoms with van der Waals surface area (Å²) in [6, 6.07) is 22.0. The summed E-state index contributed by atoms with van der Waals surface area (Å²) in [5, 5.41) is 17.4. The second kappa shape index (κ2) is 13.9. The first-order valence-corrected chi connectivity index (χ1v) is 14.5. The molecule has 180 valence electrons. The molecule has 0 unspecified atom stereocenters. The first-order valence-electron chi connectivity index (χ1n) is 12.5.